The molecular weight excluding hydrogens is 184 g/mol. The molecule has 2 aliphatic carbocycles. The molecule has 0 heterocycles. The van der Waals surface area contributed by atoms with E-state index in [4.69, 9.17) is 0 Å². The lowest BCUT2D eigenvalue weighted by molar-refractivity contribution is 0.125. The van der Waals surface area contributed by atoms with Crippen molar-refractivity contribution in [1.82, 2.24) is 0 Å². The summed E-state index contributed by atoms with van der Waals surface area (Å²) in [6.45, 7) is 0. The second kappa shape index (κ2) is 5.89. The van der Waals surface area contributed by atoms with Gasteiger partial charge in [0.15, 0.2) is 0 Å². The molecule has 0 spiro atoms. The van der Waals surface area contributed by atoms with Gasteiger partial charge in [-0.05, 0) is 31.1 Å². The number of hydrogen-bond donors (Lipinski definition) is 1. The maximum Gasteiger partial charge on any atom is 0.0543 e. The van der Waals surface area contributed by atoms with Crippen molar-refractivity contribution in [3.8, 4) is 0 Å². The zero-order valence-electron chi connectivity index (χ0n) is 9.96. The van der Waals surface area contributed by atoms with Crippen LogP contribution in [0.2, 0.25) is 0 Å². The minimum Gasteiger partial charge on any atom is -0.393 e. The number of rotatable bonds is 5. The first-order chi connectivity index (χ1) is 7.34. The Morgan fingerprint density at radius 1 is 0.867 bits per heavy atom. The van der Waals surface area contributed by atoms with Crippen LogP contribution in [-0.4, -0.2) is 11.2 Å². The maximum absolute atomic E-state index is 9.97. The first-order valence-electron chi connectivity index (χ1n) is 7.02. The summed E-state index contributed by atoms with van der Waals surface area (Å²) in [5.41, 5.74) is 0. The van der Waals surface area contributed by atoms with Gasteiger partial charge in [-0.25, -0.2) is 0 Å². The van der Waals surface area contributed by atoms with E-state index in [0.29, 0.717) is 0 Å². The summed E-state index contributed by atoms with van der Waals surface area (Å²) in [6, 6.07) is 0. The maximum atomic E-state index is 9.97. The molecule has 0 bridgehead atoms. The second-order valence-electron chi connectivity index (χ2n) is 5.77. The third kappa shape index (κ3) is 3.79. The Labute approximate surface area is 94.3 Å². The van der Waals surface area contributed by atoms with E-state index in [1.807, 2.05) is 0 Å². The summed E-state index contributed by atoms with van der Waals surface area (Å²) >= 11 is 0. The second-order valence-corrected chi connectivity index (χ2v) is 5.77. The molecular formula is C14H26O. The number of aliphatic hydroxyl groups excluding tert-OH is 1. The Balaban J connectivity index is 1.57. The van der Waals surface area contributed by atoms with Crippen LogP contribution in [0.25, 0.3) is 0 Å². The lowest BCUT2D eigenvalue weighted by Crippen LogP contribution is -2.13. The van der Waals surface area contributed by atoms with Gasteiger partial charge >= 0.3 is 0 Å². The molecule has 0 aliphatic heterocycles. The van der Waals surface area contributed by atoms with Crippen molar-refractivity contribution in [3.63, 3.8) is 0 Å². The third-order valence-corrected chi connectivity index (χ3v) is 4.46. The normalized spacial score (nSPS) is 26.2. The first kappa shape index (κ1) is 11.4. The van der Waals surface area contributed by atoms with Crippen LogP contribution < -0.4 is 0 Å². The van der Waals surface area contributed by atoms with Gasteiger partial charge in [0.2, 0.25) is 0 Å². The molecule has 2 rings (SSSR count). The van der Waals surface area contributed by atoms with Gasteiger partial charge in [0.05, 0.1) is 6.10 Å². The molecule has 0 aromatic carbocycles. The van der Waals surface area contributed by atoms with Gasteiger partial charge in [0.1, 0.15) is 0 Å². The van der Waals surface area contributed by atoms with Crippen molar-refractivity contribution in [2.45, 2.75) is 76.7 Å². The van der Waals surface area contributed by atoms with Gasteiger partial charge in [0.25, 0.3) is 0 Å². The number of aliphatic hydroxyl groups is 1. The van der Waals surface area contributed by atoms with Crippen molar-refractivity contribution in [2.75, 3.05) is 0 Å². The van der Waals surface area contributed by atoms with Crippen LogP contribution in [0.3, 0.4) is 0 Å². The van der Waals surface area contributed by atoms with Crippen LogP contribution in [0.1, 0.15) is 70.6 Å². The van der Waals surface area contributed by atoms with Gasteiger partial charge in [-0.1, -0.05) is 51.4 Å². The summed E-state index contributed by atoms with van der Waals surface area (Å²) in [4.78, 5) is 0. The van der Waals surface area contributed by atoms with E-state index in [0.717, 1.165) is 24.7 Å². The zero-order chi connectivity index (χ0) is 10.5. The summed E-state index contributed by atoms with van der Waals surface area (Å²) in [5.74, 6) is 1.80. The van der Waals surface area contributed by atoms with Gasteiger partial charge in [-0.2, -0.15) is 0 Å². The minimum atomic E-state index is 0.00806. The Bertz CT molecular complexity index is 166. The van der Waals surface area contributed by atoms with Crippen molar-refractivity contribution < 1.29 is 5.11 Å². The molecule has 15 heavy (non-hydrogen) atoms. The standard InChI is InChI=1S/C14H26O/c15-14(11-13-7-3-4-8-13)10-9-12-5-1-2-6-12/h12-15H,1-11H2. The lowest BCUT2D eigenvalue weighted by Gasteiger charge is -2.17. The fraction of sp³-hybridized carbons (Fsp3) is 1.00. The van der Waals surface area contributed by atoms with E-state index in [9.17, 15) is 5.11 Å². The molecule has 2 aliphatic rings. The van der Waals surface area contributed by atoms with Gasteiger partial charge in [-0.15, -0.1) is 0 Å². The first-order valence-corrected chi connectivity index (χ1v) is 7.02. The van der Waals surface area contributed by atoms with Gasteiger partial charge < -0.3 is 5.11 Å². The molecule has 0 aromatic rings. The largest absolute Gasteiger partial charge is 0.393 e. The molecule has 1 N–H and O–H groups in total. The van der Waals surface area contributed by atoms with E-state index in [1.54, 1.807) is 0 Å². The highest BCUT2D eigenvalue weighted by Crippen LogP contribution is 2.32. The van der Waals surface area contributed by atoms with E-state index in [1.165, 1.54) is 57.8 Å². The van der Waals surface area contributed by atoms with Crippen molar-refractivity contribution in [3.05, 3.63) is 0 Å². The topological polar surface area (TPSA) is 20.2 Å². The lowest BCUT2D eigenvalue weighted by atomic mass is 9.93. The van der Waals surface area contributed by atoms with Crippen LogP contribution >= 0.6 is 0 Å². The molecule has 2 saturated carbocycles. The highest BCUT2D eigenvalue weighted by molar-refractivity contribution is 4.73. The minimum absolute atomic E-state index is 0.00806. The average molecular weight is 210 g/mol. The average Bonchev–Trinajstić information content (AvgIpc) is 2.86. The van der Waals surface area contributed by atoms with Crippen molar-refractivity contribution in [2.24, 2.45) is 11.8 Å². The molecule has 0 amide bonds. The molecule has 0 aromatic heterocycles. The molecule has 0 radical (unpaired) electrons. The van der Waals surface area contributed by atoms with Crippen molar-refractivity contribution in [1.29, 1.82) is 0 Å². The smallest absolute Gasteiger partial charge is 0.0543 e. The molecule has 1 unspecified atom stereocenters. The fourth-order valence-corrected chi connectivity index (χ4v) is 3.48. The van der Waals surface area contributed by atoms with Gasteiger partial charge in [-0.3, -0.25) is 0 Å². The summed E-state index contributed by atoms with van der Waals surface area (Å²) in [7, 11) is 0. The third-order valence-electron chi connectivity index (χ3n) is 4.46. The van der Waals surface area contributed by atoms with Crippen LogP contribution in [-0.2, 0) is 0 Å². The zero-order valence-corrected chi connectivity index (χ0v) is 9.96. The molecule has 2 fully saturated rings. The van der Waals surface area contributed by atoms with Gasteiger partial charge in [0, 0.05) is 0 Å². The Morgan fingerprint density at radius 2 is 1.40 bits per heavy atom. The summed E-state index contributed by atoms with van der Waals surface area (Å²) in [6.07, 6.45) is 14.7. The highest BCUT2D eigenvalue weighted by atomic mass is 16.3. The van der Waals surface area contributed by atoms with Crippen LogP contribution in [0.15, 0.2) is 0 Å². The molecule has 1 nitrogen and oxygen atoms in total. The van der Waals surface area contributed by atoms with E-state index in [2.05, 4.69) is 0 Å². The van der Waals surface area contributed by atoms with E-state index in [-0.39, 0.29) is 6.10 Å². The monoisotopic (exact) mass is 210 g/mol. The Morgan fingerprint density at radius 3 is 2.00 bits per heavy atom. The molecule has 1 atom stereocenters. The van der Waals surface area contributed by atoms with E-state index < -0.39 is 0 Å². The fourth-order valence-electron chi connectivity index (χ4n) is 3.48. The number of hydrogen-bond acceptors (Lipinski definition) is 1. The molecule has 0 saturated heterocycles. The predicted molar refractivity (Wildman–Crippen MR) is 63.8 cm³/mol. The quantitative estimate of drug-likeness (QED) is 0.729. The summed E-state index contributed by atoms with van der Waals surface area (Å²) in [5, 5.41) is 9.97. The Hall–Kier alpha value is -0.0400. The summed E-state index contributed by atoms with van der Waals surface area (Å²) < 4.78 is 0. The Kier molecular flexibility index (Phi) is 4.49. The molecule has 88 valence electrons. The SMILES string of the molecule is OC(CCC1CCCC1)CC1CCCC1. The van der Waals surface area contributed by atoms with Crippen LogP contribution in [0.4, 0.5) is 0 Å². The molecule has 1 heteroatoms. The van der Waals surface area contributed by atoms with Crippen LogP contribution in [0.5, 0.6) is 0 Å². The highest BCUT2D eigenvalue weighted by Gasteiger charge is 2.20. The predicted octanol–water partition coefficient (Wildman–Crippen LogP) is 3.90. The van der Waals surface area contributed by atoms with Crippen LogP contribution in [0, 0.1) is 11.8 Å². The van der Waals surface area contributed by atoms with Crippen molar-refractivity contribution >= 4 is 0 Å². The van der Waals surface area contributed by atoms with E-state index >= 15 is 0 Å².